The molecule has 0 aliphatic rings. The van der Waals surface area contributed by atoms with Gasteiger partial charge in [0.1, 0.15) is 5.82 Å². The molecule has 0 spiro atoms. The van der Waals surface area contributed by atoms with Gasteiger partial charge in [-0.2, -0.15) is 0 Å². The Bertz CT molecular complexity index is 737. The van der Waals surface area contributed by atoms with Crippen molar-refractivity contribution in [1.82, 2.24) is 0 Å². The number of carbonyl (C=O) groups excluding carboxylic acids is 1. The van der Waals surface area contributed by atoms with Gasteiger partial charge in [0.15, 0.2) is 0 Å². The van der Waals surface area contributed by atoms with E-state index in [2.05, 4.69) is 5.32 Å². The molecule has 2 N–H and O–H groups in total. The molecule has 2 rings (SSSR count). The number of aliphatic hydroxyl groups is 1. The van der Waals surface area contributed by atoms with E-state index in [-0.39, 0.29) is 30.4 Å². The maximum Gasteiger partial charge on any atom is 0.272 e. The molecule has 24 heavy (non-hydrogen) atoms. The van der Waals surface area contributed by atoms with Crippen molar-refractivity contribution in [3.63, 3.8) is 0 Å². The highest BCUT2D eigenvalue weighted by atomic mass is 32.2. The predicted molar refractivity (Wildman–Crippen MR) is 89.6 cm³/mol. The number of nitrogens with one attached hydrogen (secondary N) is 1. The van der Waals surface area contributed by atoms with Crippen LogP contribution in [0.15, 0.2) is 47.4 Å². The SMILES string of the molecule is O=C(Cc1ccc(F)cc1)Nc1cc(SCCO)cc([N+](=O)[O-])c1. The lowest BCUT2D eigenvalue weighted by Gasteiger charge is -2.08. The summed E-state index contributed by atoms with van der Waals surface area (Å²) in [7, 11) is 0. The Morgan fingerprint density at radius 1 is 1.25 bits per heavy atom. The fraction of sp³-hybridized carbons (Fsp3) is 0.188. The molecule has 6 nitrogen and oxygen atoms in total. The number of nitro groups is 1. The van der Waals surface area contributed by atoms with Gasteiger partial charge < -0.3 is 10.4 Å². The third-order valence-corrected chi connectivity index (χ3v) is 3.98. The number of anilines is 1. The molecule has 2 aromatic carbocycles. The second-order valence-corrected chi connectivity index (χ2v) is 6.06. The van der Waals surface area contributed by atoms with Crippen molar-refractivity contribution in [1.29, 1.82) is 0 Å². The van der Waals surface area contributed by atoms with Crippen molar-refractivity contribution < 1.29 is 19.2 Å². The zero-order valence-corrected chi connectivity index (χ0v) is 13.4. The Kier molecular flexibility index (Phi) is 6.28. The number of rotatable bonds is 7. The van der Waals surface area contributed by atoms with E-state index in [1.54, 1.807) is 6.07 Å². The fourth-order valence-corrected chi connectivity index (χ4v) is 2.74. The quantitative estimate of drug-likeness (QED) is 0.455. The van der Waals surface area contributed by atoms with Crippen molar-refractivity contribution >= 4 is 29.0 Å². The van der Waals surface area contributed by atoms with Crippen LogP contribution in [-0.2, 0) is 11.2 Å². The van der Waals surface area contributed by atoms with Crippen LogP contribution in [0.2, 0.25) is 0 Å². The number of aliphatic hydroxyl groups excluding tert-OH is 1. The van der Waals surface area contributed by atoms with E-state index in [0.29, 0.717) is 21.9 Å². The number of nitrogens with zero attached hydrogens (tertiary/aromatic N) is 1. The molecule has 0 fully saturated rings. The average Bonchev–Trinajstić information content (AvgIpc) is 2.54. The predicted octanol–water partition coefficient (Wildman–Crippen LogP) is 3.00. The van der Waals surface area contributed by atoms with Gasteiger partial charge in [-0.1, -0.05) is 12.1 Å². The van der Waals surface area contributed by atoms with Crippen molar-refractivity contribution in [3.8, 4) is 0 Å². The Hall–Kier alpha value is -2.45. The van der Waals surface area contributed by atoms with Crippen molar-refractivity contribution in [2.45, 2.75) is 11.3 Å². The number of halogens is 1. The molecule has 2 aromatic rings. The van der Waals surface area contributed by atoms with E-state index in [1.807, 2.05) is 0 Å². The summed E-state index contributed by atoms with van der Waals surface area (Å²) in [4.78, 5) is 23.1. The van der Waals surface area contributed by atoms with Gasteiger partial charge in [0.25, 0.3) is 5.69 Å². The number of nitro benzene ring substituents is 1. The van der Waals surface area contributed by atoms with Crippen molar-refractivity contribution in [3.05, 3.63) is 64.0 Å². The third kappa shape index (κ3) is 5.32. The molecule has 0 aromatic heterocycles. The molecular formula is C16H15FN2O4S. The Morgan fingerprint density at radius 3 is 2.58 bits per heavy atom. The van der Waals surface area contributed by atoms with Crippen molar-refractivity contribution in [2.24, 2.45) is 0 Å². The third-order valence-electron chi connectivity index (χ3n) is 3.02. The minimum absolute atomic E-state index is 0.0298. The van der Waals surface area contributed by atoms with Gasteiger partial charge in [0.2, 0.25) is 5.91 Å². The van der Waals surface area contributed by atoms with Gasteiger partial charge in [-0.05, 0) is 23.8 Å². The number of benzene rings is 2. The highest BCUT2D eigenvalue weighted by Crippen LogP contribution is 2.28. The second-order valence-electron chi connectivity index (χ2n) is 4.90. The highest BCUT2D eigenvalue weighted by Gasteiger charge is 2.12. The summed E-state index contributed by atoms with van der Waals surface area (Å²) >= 11 is 1.25. The van der Waals surface area contributed by atoms with Gasteiger partial charge in [0.05, 0.1) is 18.0 Å². The first-order valence-corrected chi connectivity index (χ1v) is 8.04. The normalized spacial score (nSPS) is 10.4. The standard InChI is InChI=1S/C16H15FN2O4S/c17-12-3-1-11(2-4-12)7-16(21)18-13-8-14(19(22)23)10-15(9-13)24-6-5-20/h1-4,8-10,20H,5-7H2,(H,18,21). The number of hydrogen-bond acceptors (Lipinski definition) is 5. The maximum atomic E-state index is 12.9. The zero-order valence-electron chi connectivity index (χ0n) is 12.6. The molecule has 0 atom stereocenters. The van der Waals surface area contributed by atoms with E-state index in [9.17, 15) is 19.3 Å². The number of thioether (sulfide) groups is 1. The van der Waals surface area contributed by atoms with Crippen LogP contribution in [0.4, 0.5) is 15.8 Å². The zero-order chi connectivity index (χ0) is 17.5. The lowest BCUT2D eigenvalue weighted by atomic mass is 10.1. The number of carbonyl (C=O) groups is 1. The van der Waals surface area contributed by atoms with Gasteiger partial charge >= 0.3 is 0 Å². The molecule has 0 radical (unpaired) electrons. The van der Waals surface area contributed by atoms with Crippen LogP contribution in [0.3, 0.4) is 0 Å². The highest BCUT2D eigenvalue weighted by molar-refractivity contribution is 7.99. The van der Waals surface area contributed by atoms with Gasteiger partial charge in [-0.25, -0.2) is 4.39 Å². The van der Waals surface area contributed by atoms with Crippen LogP contribution in [0.25, 0.3) is 0 Å². The molecule has 0 heterocycles. The average molecular weight is 350 g/mol. The minimum Gasteiger partial charge on any atom is -0.396 e. The van der Waals surface area contributed by atoms with E-state index >= 15 is 0 Å². The van der Waals surface area contributed by atoms with Gasteiger partial charge in [-0.3, -0.25) is 14.9 Å². The number of hydrogen-bond donors (Lipinski definition) is 2. The summed E-state index contributed by atoms with van der Waals surface area (Å²) in [6, 6.07) is 9.80. The van der Waals surface area contributed by atoms with Crippen LogP contribution >= 0.6 is 11.8 Å². The van der Waals surface area contributed by atoms with Crippen LogP contribution in [0, 0.1) is 15.9 Å². The van der Waals surface area contributed by atoms with Gasteiger partial charge in [-0.15, -0.1) is 11.8 Å². The summed E-state index contributed by atoms with van der Waals surface area (Å²) in [6.45, 7) is -0.0559. The van der Waals surface area contributed by atoms with E-state index in [1.165, 1.54) is 48.2 Å². The Labute approximate surface area is 141 Å². The van der Waals surface area contributed by atoms with Crippen LogP contribution in [-0.4, -0.2) is 28.3 Å². The van der Waals surface area contributed by atoms with E-state index in [4.69, 9.17) is 5.11 Å². The molecule has 126 valence electrons. The molecule has 0 bridgehead atoms. The minimum atomic E-state index is -0.543. The lowest BCUT2D eigenvalue weighted by Crippen LogP contribution is -2.14. The molecule has 0 saturated carbocycles. The van der Waals surface area contributed by atoms with E-state index in [0.717, 1.165) is 0 Å². The molecule has 0 aliphatic heterocycles. The first-order chi connectivity index (χ1) is 11.5. The largest absolute Gasteiger partial charge is 0.396 e. The smallest absolute Gasteiger partial charge is 0.272 e. The summed E-state index contributed by atoms with van der Waals surface area (Å²) in [6.07, 6.45) is 0.0298. The molecule has 1 amide bonds. The first kappa shape index (κ1) is 17.9. The monoisotopic (exact) mass is 350 g/mol. The topological polar surface area (TPSA) is 92.5 Å². The summed E-state index contributed by atoms with van der Waals surface area (Å²) < 4.78 is 12.9. The number of amides is 1. The molecular weight excluding hydrogens is 335 g/mol. The van der Waals surface area contributed by atoms with Crippen molar-refractivity contribution in [2.75, 3.05) is 17.7 Å². The second kappa shape index (κ2) is 8.42. The first-order valence-electron chi connectivity index (χ1n) is 7.05. The summed E-state index contributed by atoms with van der Waals surface area (Å²) in [5.41, 5.74) is 0.793. The molecule has 8 heteroatoms. The molecule has 0 unspecified atom stereocenters. The van der Waals surface area contributed by atoms with E-state index < -0.39 is 4.92 Å². The Morgan fingerprint density at radius 2 is 1.96 bits per heavy atom. The maximum absolute atomic E-state index is 12.9. The Balaban J connectivity index is 2.11. The summed E-state index contributed by atoms with van der Waals surface area (Å²) in [5, 5.41) is 22.4. The number of non-ortho nitro benzene ring substituents is 1. The van der Waals surface area contributed by atoms with Gasteiger partial charge in [0, 0.05) is 28.5 Å². The lowest BCUT2D eigenvalue weighted by molar-refractivity contribution is -0.385. The summed E-state index contributed by atoms with van der Waals surface area (Å²) in [5.74, 6) is -0.354. The van der Waals surface area contributed by atoms with Crippen LogP contribution in [0.1, 0.15) is 5.56 Å². The van der Waals surface area contributed by atoms with Crippen LogP contribution in [0.5, 0.6) is 0 Å². The molecule has 0 aliphatic carbocycles. The fourth-order valence-electron chi connectivity index (χ4n) is 2.00. The van der Waals surface area contributed by atoms with Crippen LogP contribution < -0.4 is 5.32 Å². The molecule has 0 saturated heterocycles.